The fraction of sp³-hybridized carbons (Fsp3) is 0.294. The highest BCUT2D eigenvalue weighted by molar-refractivity contribution is 5.37. The lowest BCUT2D eigenvalue weighted by Crippen LogP contribution is -2.15. The van der Waals surface area contributed by atoms with Gasteiger partial charge in [0.05, 0.1) is 14.2 Å². The summed E-state index contributed by atoms with van der Waals surface area (Å²) in [5.74, 6) is 1.32. The molecule has 1 unspecified atom stereocenters. The number of methoxy groups -OCH3 is 2. The second-order valence-electron chi connectivity index (χ2n) is 4.87. The molecule has 2 aromatic rings. The van der Waals surface area contributed by atoms with Gasteiger partial charge in [0.2, 0.25) is 0 Å². The molecule has 0 amide bonds. The molecule has 0 fully saturated rings. The van der Waals surface area contributed by atoms with Crippen molar-refractivity contribution in [2.45, 2.75) is 12.3 Å². The molecule has 4 heteroatoms. The van der Waals surface area contributed by atoms with Gasteiger partial charge in [-0.3, -0.25) is 0 Å². The van der Waals surface area contributed by atoms with Gasteiger partial charge < -0.3 is 15.2 Å². The molecule has 0 radical (unpaired) electrons. The quantitative estimate of drug-likeness (QED) is 0.888. The van der Waals surface area contributed by atoms with E-state index in [0.29, 0.717) is 18.7 Å². The molecule has 0 heterocycles. The Morgan fingerprint density at radius 1 is 1.05 bits per heavy atom. The average molecular weight is 289 g/mol. The van der Waals surface area contributed by atoms with Crippen molar-refractivity contribution in [3.63, 3.8) is 0 Å². The summed E-state index contributed by atoms with van der Waals surface area (Å²) in [5, 5.41) is 0. The van der Waals surface area contributed by atoms with E-state index >= 15 is 0 Å². The normalized spacial score (nSPS) is 12.0. The van der Waals surface area contributed by atoms with Gasteiger partial charge in [0.15, 0.2) is 0 Å². The van der Waals surface area contributed by atoms with Crippen LogP contribution >= 0.6 is 0 Å². The van der Waals surface area contributed by atoms with Crippen LogP contribution in [0.5, 0.6) is 11.5 Å². The highest BCUT2D eigenvalue weighted by atomic mass is 19.1. The SMILES string of the molecule is COc1ccc(C(CN)Cc2cc(F)ccc2OC)cc1. The molecular weight excluding hydrogens is 269 g/mol. The van der Waals surface area contributed by atoms with Crippen LogP contribution in [-0.4, -0.2) is 20.8 Å². The van der Waals surface area contributed by atoms with Crippen molar-refractivity contribution in [2.24, 2.45) is 5.73 Å². The van der Waals surface area contributed by atoms with E-state index < -0.39 is 0 Å². The second kappa shape index (κ2) is 7.09. The largest absolute Gasteiger partial charge is 0.497 e. The van der Waals surface area contributed by atoms with Crippen LogP contribution < -0.4 is 15.2 Å². The molecule has 3 nitrogen and oxygen atoms in total. The number of hydrogen-bond donors (Lipinski definition) is 1. The van der Waals surface area contributed by atoms with Crippen LogP contribution in [0.2, 0.25) is 0 Å². The number of hydrogen-bond acceptors (Lipinski definition) is 3. The third kappa shape index (κ3) is 3.73. The van der Waals surface area contributed by atoms with E-state index in [0.717, 1.165) is 16.9 Å². The summed E-state index contributed by atoms with van der Waals surface area (Å²) in [6, 6.07) is 12.3. The van der Waals surface area contributed by atoms with E-state index in [-0.39, 0.29) is 11.7 Å². The van der Waals surface area contributed by atoms with Crippen LogP contribution in [0, 0.1) is 5.82 Å². The van der Waals surface area contributed by atoms with Crippen LogP contribution in [0.25, 0.3) is 0 Å². The number of rotatable bonds is 6. The lowest BCUT2D eigenvalue weighted by Gasteiger charge is -2.17. The third-order valence-corrected chi connectivity index (χ3v) is 3.58. The van der Waals surface area contributed by atoms with Crippen molar-refractivity contribution in [2.75, 3.05) is 20.8 Å². The Kier molecular flexibility index (Phi) is 5.17. The van der Waals surface area contributed by atoms with Crippen LogP contribution in [0.15, 0.2) is 42.5 Å². The van der Waals surface area contributed by atoms with Crippen molar-refractivity contribution in [1.29, 1.82) is 0 Å². The van der Waals surface area contributed by atoms with Gasteiger partial charge in [-0.2, -0.15) is 0 Å². The summed E-state index contributed by atoms with van der Waals surface area (Å²) in [6.07, 6.45) is 0.629. The molecule has 0 saturated carbocycles. The zero-order valence-electron chi connectivity index (χ0n) is 12.3. The first kappa shape index (κ1) is 15.3. The molecule has 1 atom stereocenters. The van der Waals surface area contributed by atoms with E-state index in [1.165, 1.54) is 12.1 Å². The van der Waals surface area contributed by atoms with Crippen molar-refractivity contribution < 1.29 is 13.9 Å². The van der Waals surface area contributed by atoms with Gasteiger partial charge in [-0.05, 0) is 54.4 Å². The average Bonchev–Trinajstić information content (AvgIpc) is 2.53. The van der Waals surface area contributed by atoms with Gasteiger partial charge in [-0.1, -0.05) is 12.1 Å². The maximum absolute atomic E-state index is 13.4. The maximum atomic E-state index is 13.4. The first-order chi connectivity index (χ1) is 10.2. The second-order valence-corrected chi connectivity index (χ2v) is 4.87. The Bertz CT molecular complexity index is 584. The van der Waals surface area contributed by atoms with Crippen LogP contribution in [0.4, 0.5) is 4.39 Å². The molecule has 0 aliphatic heterocycles. The van der Waals surface area contributed by atoms with Crippen LogP contribution in [-0.2, 0) is 6.42 Å². The summed E-state index contributed by atoms with van der Waals surface area (Å²) >= 11 is 0. The van der Waals surface area contributed by atoms with E-state index in [4.69, 9.17) is 15.2 Å². The molecule has 2 rings (SSSR count). The van der Waals surface area contributed by atoms with Gasteiger partial charge in [-0.15, -0.1) is 0 Å². The van der Waals surface area contributed by atoms with Gasteiger partial charge >= 0.3 is 0 Å². The number of benzene rings is 2. The monoisotopic (exact) mass is 289 g/mol. The summed E-state index contributed by atoms with van der Waals surface area (Å²) in [4.78, 5) is 0. The Morgan fingerprint density at radius 2 is 1.76 bits per heavy atom. The molecule has 2 N–H and O–H groups in total. The predicted octanol–water partition coefficient (Wildman–Crippen LogP) is 3.13. The van der Waals surface area contributed by atoms with Crippen LogP contribution in [0.1, 0.15) is 17.0 Å². The Labute approximate surface area is 124 Å². The fourth-order valence-corrected chi connectivity index (χ4v) is 2.39. The number of ether oxygens (including phenoxy) is 2. The van der Waals surface area contributed by atoms with Crippen LogP contribution in [0.3, 0.4) is 0 Å². The summed E-state index contributed by atoms with van der Waals surface area (Å²) < 4.78 is 23.9. The standard InChI is InChI=1S/C17H20FNO2/c1-20-16-6-3-12(4-7-16)14(11-19)9-13-10-15(18)5-8-17(13)21-2/h3-8,10,14H,9,11,19H2,1-2H3. The summed E-state index contributed by atoms with van der Waals surface area (Å²) in [7, 11) is 3.22. The van der Waals surface area contributed by atoms with Crippen molar-refractivity contribution >= 4 is 0 Å². The van der Waals surface area contributed by atoms with Crippen molar-refractivity contribution in [3.05, 3.63) is 59.4 Å². The summed E-state index contributed by atoms with van der Waals surface area (Å²) in [5.41, 5.74) is 7.81. The van der Waals surface area contributed by atoms with Crippen molar-refractivity contribution in [1.82, 2.24) is 0 Å². The third-order valence-electron chi connectivity index (χ3n) is 3.58. The van der Waals surface area contributed by atoms with Gasteiger partial charge in [0.1, 0.15) is 17.3 Å². The first-order valence-electron chi connectivity index (χ1n) is 6.84. The molecule has 0 aromatic heterocycles. The van der Waals surface area contributed by atoms with E-state index in [1.54, 1.807) is 20.3 Å². The molecule has 0 saturated heterocycles. The molecule has 0 aliphatic carbocycles. The number of halogens is 1. The Hall–Kier alpha value is -2.07. The van der Waals surface area contributed by atoms with Gasteiger partial charge in [0, 0.05) is 5.92 Å². The minimum atomic E-state index is -0.267. The zero-order valence-corrected chi connectivity index (χ0v) is 12.3. The molecule has 21 heavy (non-hydrogen) atoms. The van der Waals surface area contributed by atoms with E-state index in [2.05, 4.69) is 0 Å². The predicted molar refractivity (Wildman–Crippen MR) is 81.4 cm³/mol. The first-order valence-corrected chi connectivity index (χ1v) is 6.84. The molecule has 112 valence electrons. The minimum Gasteiger partial charge on any atom is -0.497 e. The molecule has 0 aliphatic rings. The van der Waals surface area contributed by atoms with Gasteiger partial charge in [-0.25, -0.2) is 4.39 Å². The molecular formula is C17H20FNO2. The lowest BCUT2D eigenvalue weighted by atomic mass is 9.91. The van der Waals surface area contributed by atoms with E-state index in [9.17, 15) is 4.39 Å². The molecule has 0 bridgehead atoms. The highest BCUT2D eigenvalue weighted by Crippen LogP contribution is 2.27. The smallest absolute Gasteiger partial charge is 0.123 e. The summed E-state index contributed by atoms with van der Waals surface area (Å²) in [6.45, 7) is 0.478. The Morgan fingerprint density at radius 3 is 2.33 bits per heavy atom. The fourth-order valence-electron chi connectivity index (χ4n) is 2.39. The molecule has 2 aromatic carbocycles. The highest BCUT2D eigenvalue weighted by Gasteiger charge is 2.14. The van der Waals surface area contributed by atoms with Crippen molar-refractivity contribution in [3.8, 4) is 11.5 Å². The minimum absolute atomic E-state index is 0.103. The topological polar surface area (TPSA) is 44.5 Å². The Balaban J connectivity index is 2.23. The van der Waals surface area contributed by atoms with E-state index in [1.807, 2.05) is 24.3 Å². The molecule has 0 spiro atoms. The number of nitrogens with two attached hydrogens (primary N) is 1. The van der Waals surface area contributed by atoms with Gasteiger partial charge in [0.25, 0.3) is 0 Å². The zero-order chi connectivity index (χ0) is 15.2. The lowest BCUT2D eigenvalue weighted by molar-refractivity contribution is 0.406. The maximum Gasteiger partial charge on any atom is 0.123 e.